The minimum atomic E-state index is -0.933. The quantitative estimate of drug-likeness (QED) is 0.320. The van der Waals surface area contributed by atoms with Crippen LogP contribution < -0.4 is 4.90 Å². The Morgan fingerprint density at radius 1 is 0.871 bits per heavy atom. The first-order valence-electron chi connectivity index (χ1n) is 8.92. The molecule has 0 aliphatic carbocycles. The number of rotatable bonds is 5. The number of benzene rings is 3. The molecule has 1 heterocycles. The molecular formula is C22H12F2N2O4S. The van der Waals surface area contributed by atoms with E-state index in [9.17, 15) is 28.5 Å². The zero-order valence-electron chi connectivity index (χ0n) is 15.6. The molecule has 0 saturated heterocycles. The molecule has 0 spiro atoms. The first kappa shape index (κ1) is 20.4. The number of anilines is 1. The van der Waals surface area contributed by atoms with Crippen LogP contribution in [0.3, 0.4) is 0 Å². The van der Waals surface area contributed by atoms with E-state index in [4.69, 9.17) is 0 Å². The topological polar surface area (TPSA) is 80.5 Å². The Balaban J connectivity index is 1.84. The summed E-state index contributed by atoms with van der Waals surface area (Å²) < 4.78 is 28.1. The average Bonchev–Trinajstić information content (AvgIpc) is 3.00. The maximum absolute atomic E-state index is 14.4. The van der Waals surface area contributed by atoms with Crippen molar-refractivity contribution in [2.45, 2.75) is 4.90 Å². The lowest BCUT2D eigenvalue weighted by molar-refractivity contribution is -0.384. The number of nitro groups is 1. The number of hydrogen-bond acceptors (Lipinski definition) is 5. The standard InChI is InChI=1S/C22H12F2N2O4S/c23-14-8-11-17(24)18(12-14)25-21(27)19(13-6-9-15(10-7-13)26(29)30)20(22(25)28)31-16-4-2-1-3-5-16/h1-12H. The molecule has 3 aromatic carbocycles. The van der Waals surface area contributed by atoms with Crippen LogP contribution in [0.15, 0.2) is 82.6 Å². The smallest absolute Gasteiger partial charge is 0.268 e. The van der Waals surface area contributed by atoms with Crippen LogP contribution in [0, 0.1) is 21.7 Å². The maximum Gasteiger partial charge on any atom is 0.273 e. The van der Waals surface area contributed by atoms with Crippen LogP contribution in [-0.2, 0) is 9.59 Å². The second kappa shape index (κ2) is 8.11. The van der Waals surface area contributed by atoms with E-state index in [-0.39, 0.29) is 21.7 Å². The van der Waals surface area contributed by atoms with Crippen molar-refractivity contribution < 1.29 is 23.3 Å². The van der Waals surface area contributed by atoms with Gasteiger partial charge in [0.15, 0.2) is 0 Å². The van der Waals surface area contributed by atoms with Crippen LogP contribution in [-0.4, -0.2) is 16.7 Å². The predicted molar refractivity (Wildman–Crippen MR) is 111 cm³/mol. The van der Waals surface area contributed by atoms with Crippen molar-refractivity contribution in [3.8, 4) is 0 Å². The molecule has 0 N–H and O–H groups in total. The number of hydrogen-bond donors (Lipinski definition) is 0. The van der Waals surface area contributed by atoms with Gasteiger partial charge in [0.05, 0.1) is 21.1 Å². The molecular weight excluding hydrogens is 426 g/mol. The van der Waals surface area contributed by atoms with Gasteiger partial charge in [-0.15, -0.1) is 0 Å². The Labute approximate surface area is 178 Å². The molecule has 1 aliphatic heterocycles. The van der Waals surface area contributed by atoms with Gasteiger partial charge in [0.2, 0.25) is 0 Å². The minimum absolute atomic E-state index is 0.00807. The second-order valence-corrected chi connectivity index (χ2v) is 7.55. The average molecular weight is 438 g/mol. The van der Waals surface area contributed by atoms with Gasteiger partial charge in [-0.05, 0) is 42.0 Å². The zero-order valence-corrected chi connectivity index (χ0v) is 16.4. The van der Waals surface area contributed by atoms with Crippen LogP contribution in [0.5, 0.6) is 0 Å². The fourth-order valence-electron chi connectivity index (χ4n) is 3.09. The summed E-state index contributed by atoms with van der Waals surface area (Å²) in [6, 6.07) is 16.3. The summed E-state index contributed by atoms with van der Waals surface area (Å²) in [5.74, 6) is -3.39. The molecule has 31 heavy (non-hydrogen) atoms. The summed E-state index contributed by atoms with van der Waals surface area (Å²) in [6.07, 6.45) is 0. The van der Waals surface area contributed by atoms with Gasteiger partial charge in [0, 0.05) is 23.1 Å². The third kappa shape index (κ3) is 3.82. The Bertz CT molecular complexity index is 1240. The van der Waals surface area contributed by atoms with Gasteiger partial charge in [-0.25, -0.2) is 13.7 Å². The zero-order chi connectivity index (χ0) is 22.1. The first-order valence-corrected chi connectivity index (χ1v) is 9.74. The van der Waals surface area contributed by atoms with Crippen LogP contribution in [0.2, 0.25) is 0 Å². The Morgan fingerprint density at radius 2 is 1.55 bits per heavy atom. The molecule has 0 unspecified atom stereocenters. The molecule has 0 atom stereocenters. The number of nitrogens with zero attached hydrogens (tertiary/aromatic N) is 2. The van der Waals surface area contributed by atoms with E-state index < -0.39 is 34.1 Å². The van der Waals surface area contributed by atoms with Gasteiger partial charge in [0.1, 0.15) is 11.6 Å². The third-order valence-electron chi connectivity index (χ3n) is 4.52. The van der Waals surface area contributed by atoms with E-state index in [1.807, 2.05) is 0 Å². The molecule has 0 fully saturated rings. The Hall–Kier alpha value is -3.85. The number of nitro benzene ring substituents is 1. The molecule has 3 aromatic rings. The lowest BCUT2D eigenvalue weighted by Crippen LogP contribution is -2.32. The molecule has 1 aliphatic rings. The first-order chi connectivity index (χ1) is 14.9. The number of imide groups is 1. The molecule has 0 radical (unpaired) electrons. The summed E-state index contributed by atoms with van der Waals surface area (Å²) in [4.78, 5) is 38.0. The predicted octanol–water partition coefficient (Wildman–Crippen LogP) is 4.95. The number of halogens is 2. The Morgan fingerprint density at radius 3 is 2.19 bits per heavy atom. The van der Waals surface area contributed by atoms with E-state index in [0.29, 0.717) is 9.80 Å². The summed E-state index contributed by atoms with van der Waals surface area (Å²) >= 11 is 1.00. The number of non-ortho nitro benzene ring substituents is 1. The molecule has 2 amide bonds. The van der Waals surface area contributed by atoms with Gasteiger partial charge in [-0.1, -0.05) is 30.0 Å². The van der Waals surface area contributed by atoms with Crippen molar-refractivity contribution in [3.63, 3.8) is 0 Å². The second-order valence-electron chi connectivity index (χ2n) is 6.46. The lowest BCUT2D eigenvalue weighted by atomic mass is 10.1. The van der Waals surface area contributed by atoms with Crippen LogP contribution in [0.1, 0.15) is 5.56 Å². The van der Waals surface area contributed by atoms with Gasteiger partial charge < -0.3 is 0 Å². The van der Waals surface area contributed by atoms with Crippen molar-refractivity contribution in [2.24, 2.45) is 0 Å². The van der Waals surface area contributed by atoms with Crippen LogP contribution in [0.4, 0.5) is 20.2 Å². The summed E-state index contributed by atoms with van der Waals surface area (Å²) in [7, 11) is 0. The molecule has 4 rings (SSSR count). The van der Waals surface area contributed by atoms with Crippen molar-refractivity contribution in [3.05, 3.63) is 105 Å². The summed E-state index contributed by atoms with van der Waals surface area (Å²) in [6.45, 7) is 0. The van der Waals surface area contributed by atoms with Gasteiger partial charge in [-0.2, -0.15) is 0 Å². The molecule has 0 aromatic heterocycles. The maximum atomic E-state index is 14.4. The van der Waals surface area contributed by atoms with Crippen molar-refractivity contribution >= 4 is 40.5 Å². The fourth-order valence-corrected chi connectivity index (χ4v) is 4.11. The monoisotopic (exact) mass is 438 g/mol. The van der Waals surface area contributed by atoms with E-state index >= 15 is 0 Å². The SMILES string of the molecule is O=C1C(Sc2ccccc2)=C(c2ccc([N+](=O)[O-])cc2)C(=O)N1c1cc(F)ccc1F. The van der Waals surface area contributed by atoms with E-state index in [1.165, 1.54) is 24.3 Å². The molecule has 154 valence electrons. The van der Waals surface area contributed by atoms with Crippen molar-refractivity contribution in [1.82, 2.24) is 0 Å². The molecule has 6 nitrogen and oxygen atoms in total. The van der Waals surface area contributed by atoms with Crippen molar-refractivity contribution in [1.29, 1.82) is 0 Å². The molecule has 0 bridgehead atoms. The normalized spacial score (nSPS) is 13.8. The van der Waals surface area contributed by atoms with Gasteiger partial charge >= 0.3 is 0 Å². The van der Waals surface area contributed by atoms with Crippen LogP contribution >= 0.6 is 11.8 Å². The van der Waals surface area contributed by atoms with Crippen LogP contribution in [0.25, 0.3) is 5.57 Å². The third-order valence-corrected chi connectivity index (χ3v) is 5.61. The highest BCUT2D eigenvalue weighted by molar-refractivity contribution is 8.04. The highest BCUT2D eigenvalue weighted by atomic mass is 32.2. The number of carbonyl (C=O) groups is 2. The largest absolute Gasteiger partial charge is 0.273 e. The molecule has 0 saturated carbocycles. The van der Waals surface area contributed by atoms with E-state index in [0.717, 1.165) is 30.0 Å². The summed E-state index contributed by atoms with van der Waals surface area (Å²) in [5.41, 5.74) is -0.483. The fraction of sp³-hybridized carbons (Fsp3) is 0. The number of amides is 2. The highest BCUT2D eigenvalue weighted by Crippen LogP contribution is 2.42. The number of thioether (sulfide) groups is 1. The van der Waals surface area contributed by atoms with Gasteiger partial charge in [0.25, 0.3) is 17.5 Å². The minimum Gasteiger partial charge on any atom is -0.268 e. The van der Waals surface area contributed by atoms with Gasteiger partial charge in [-0.3, -0.25) is 19.7 Å². The van der Waals surface area contributed by atoms with E-state index in [1.54, 1.807) is 30.3 Å². The van der Waals surface area contributed by atoms with Crippen molar-refractivity contribution in [2.75, 3.05) is 4.90 Å². The van der Waals surface area contributed by atoms with E-state index in [2.05, 4.69) is 0 Å². The lowest BCUT2D eigenvalue weighted by Gasteiger charge is -2.16. The Kier molecular flexibility index (Phi) is 5.35. The highest BCUT2D eigenvalue weighted by Gasteiger charge is 2.41. The number of carbonyl (C=O) groups excluding carboxylic acids is 2. The summed E-state index contributed by atoms with van der Waals surface area (Å²) in [5, 5.41) is 10.9. The molecule has 9 heteroatoms.